The Labute approximate surface area is 153 Å². The van der Waals surface area contributed by atoms with Crippen LogP contribution >= 0.6 is 0 Å². The quantitative estimate of drug-likeness (QED) is 0.383. The lowest BCUT2D eigenvalue weighted by molar-refractivity contribution is -0.149. The summed E-state index contributed by atoms with van der Waals surface area (Å²) in [5, 5.41) is 2.66. The predicted molar refractivity (Wildman–Crippen MR) is 94.7 cm³/mol. The maximum absolute atomic E-state index is 12.1. The van der Waals surface area contributed by atoms with Crippen molar-refractivity contribution in [3.63, 3.8) is 0 Å². The zero-order valence-corrected chi connectivity index (χ0v) is 16.0. The van der Waals surface area contributed by atoms with E-state index in [-0.39, 0.29) is 18.6 Å². The van der Waals surface area contributed by atoms with Crippen LogP contribution in [0.1, 0.15) is 47.5 Å². The number of likely N-dealkylation sites (tertiary alicyclic amines) is 1. The van der Waals surface area contributed by atoms with Gasteiger partial charge in [-0.25, -0.2) is 10.2 Å². The molecule has 0 aromatic heterocycles. The standard InChI is InChI=1S/C17H28N4O5/c1-7-8-26-15(25)20-19-14(24)13(23)18-12-9-16(3,4)21(11(2)22)17(5,6)10-12/h7,12H,1,8-10H2,2-6H3,(H,18,23)(H,19,24)(H,20,25). The number of carbonyl (C=O) groups excluding carboxylic acids is 4. The highest BCUT2D eigenvalue weighted by atomic mass is 16.6. The summed E-state index contributed by atoms with van der Waals surface area (Å²) in [5.41, 5.74) is 2.99. The molecule has 9 nitrogen and oxygen atoms in total. The van der Waals surface area contributed by atoms with E-state index < -0.39 is 29.0 Å². The normalized spacial score (nSPS) is 18.4. The maximum Gasteiger partial charge on any atom is 0.426 e. The van der Waals surface area contributed by atoms with E-state index in [0.717, 1.165) is 0 Å². The average Bonchev–Trinajstić information content (AvgIpc) is 2.47. The van der Waals surface area contributed by atoms with Gasteiger partial charge >= 0.3 is 17.9 Å². The number of carbonyl (C=O) groups is 4. The Kier molecular flexibility index (Phi) is 6.77. The highest BCUT2D eigenvalue weighted by Gasteiger charge is 2.47. The Morgan fingerprint density at radius 3 is 2.08 bits per heavy atom. The minimum absolute atomic E-state index is 0.0210. The van der Waals surface area contributed by atoms with Crippen molar-refractivity contribution in [3.05, 3.63) is 12.7 Å². The molecule has 0 bridgehead atoms. The molecule has 1 aliphatic heterocycles. The van der Waals surface area contributed by atoms with Gasteiger partial charge in [-0.05, 0) is 40.5 Å². The number of ether oxygens (including phenoxy) is 1. The Hall–Kier alpha value is -2.58. The maximum atomic E-state index is 12.1. The lowest BCUT2D eigenvalue weighted by Crippen LogP contribution is -2.66. The molecule has 1 fully saturated rings. The molecule has 0 spiro atoms. The van der Waals surface area contributed by atoms with E-state index in [9.17, 15) is 19.2 Å². The summed E-state index contributed by atoms with van der Waals surface area (Å²) in [4.78, 5) is 48.9. The molecule has 1 saturated heterocycles. The van der Waals surface area contributed by atoms with E-state index in [4.69, 9.17) is 0 Å². The SMILES string of the molecule is C=CCOC(=O)NNC(=O)C(=O)NC1CC(C)(C)N(C(C)=O)C(C)(C)C1. The first-order valence-corrected chi connectivity index (χ1v) is 8.36. The van der Waals surface area contributed by atoms with Crippen LogP contribution in [0.25, 0.3) is 0 Å². The molecule has 146 valence electrons. The van der Waals surface area contributed by atoms with Gasteiger partial charge in [0.1, 0.15) is 6.61 Å². The van der Waals surface area contributed by atoms with Gasteiger partial charge in [-0.1, -0.05) is 12.7 Å². The summed E-state index contributed by atoms with van der Waals surface area (Å²) in [6, 6.07) is -0.290. The molecule has 1 aliphatic rings. The molecule has 0 atom stereocenters. The fraction of sp³-hybridized carbons (Fsp3) is 0.647. The average molecular weight is 368 g/mol. The molecule has 4 amide bonds. The molecule has 0 unspecified atom stereocenters. The van der Waals surface area contributed by atoms with Crippen LogP contribution in [-0.2, 0) is 19.1 Å². The van der Waals surface area contributed by atoms with Crippen molar-refractivity contribution in [2.24, 2.45) is 0 Å². The number of nitrogens with zero attached hydrogens (tertiary/aromatic N) is 1. The van der Waals surface area contributed by atoms with Gasteiger partial charge in [-0.15, -0.1) is 0 Å². The van der Waals surface area contributed by atoms with Gasteiger partial charge in [0.25, 0.3) is 0 Å². The molecule has 26 heavy (non-hydrogen) atoms. The molecule has 1 heterocycles. The summed E-state index contributed by atoms with van der Waals surface area (Å²) in [5.74, 6) is -1.92. The fourth-order valence-corrected chi connectivity index (χ4v) is 3.82. The minimum Gasteiger partial charge on any atom is -0.444 e. The third-order valence-corrected chi connectivity index (χ3v) is 4.17. The van der Waals surface area contributed by atoms with Crippen molar-refractivity contribution < 1.29 is 23.9 Å². The van der Waals surface area contributed by atoms with Crippen LogP contribution < -0.4 is 16.2 Å². The van der Waals surface area contributed by atoms with Crippen LogP contribution in [0, 0.1) is 0 Å². The van der Waals surface area contributed by atoms with Crippen molar-refractivity contribution in [1.29, 1.82) is 0 Å². The highest BCUT2D eigenvalue weighted by Crippen LogP contribution is 2.38. The largest absolute Gasteiger partial charge is 0.444 e. The number of amides is 4. The van der Waals surface area contributed by atoms with Gasteiger partial charge in [-0.2, -0.15) is 0 Å². The molecule has 0 aromatic carbocycles. The molecule has 1 rings (SSSR count). The van der Waals surface area contributed by atoms with E-state index in [2.05, 4.69) is 16.6 Å². The Bertz CT molecular complexity index is 582. The number of rotatable bonds is 3. The van der Waals surface area contributed by atoms with Gasteiger partial charge in [0.15, 0.2) is 0 Å². The fourth-order valence-electron chi connectivity index (χ4n) is 3.82. The molecule has 0 aliphatic carbocycles. The van der Waals surface area contributed by atoms with Crippen LogP contribution in [-0.4, -0.2) is 52.4 Å². The first kappa shape index (κ1) is 21.5. The second-order valence-corrected chi connectivity index (χ2v) is 7.52. The van der Waals surface area contributed by atoms with E-state index in [1.807, 2.05) is 38.5 Å². The zero-order chi connectivity index (χ0) is 20.1. The molecular weight excluding hydrogens is 340 g/mol. The van der Waals surface area contributed by atoms with E-state index in [1.165, 1.54) is 13.0 Å². The van der Waals surface area contributed by atoms with Gasteiger partial charge < -0.3 is 15.0 Å². The first-order valence-electron chi connectivity index (χ1n) is 8.36. The van der Waals surface area contributed by atoms with Crippen molar-refractivity contribution in [2.75, 3.05) is 6.61 Å². The summed E-state index contributed by atoms with van der Waals surface area (Å²) in [7, 11) is 0. The predicted octanol–water partition coefficient (Wildman–Crippen LogP) is 0.614. The smallest absolute Gasteiger partial charge is 0.426 e. The van der Waals surface area contributed by atoms with Crippen LogP contribution in [0.15, 0.2) is 12.7 Å². The molecule has 9 heteroatoms. The zero-order valence-electron chi connectivity index (χ0n) is 16.0. The Balaban J connectivity index is 2.64. The number of hydrogen-bond donors (Lipinski definition) is 3. The van der Waals surface area contributed by atoms with Crippen molar-refractivity contribution in [3.8, 4) is 0 Å². The molecule has 3 N–H and O–H groups in total. The topological polar surface area (TPSA) is 117 Å². The lowest BCUT2D eigenvalue weighted by Gasteiger charge is -2.55. The minimum atomic E-state index is -1.01. The number of nitrogens with one attached hydrogen (secondary N) is 3. The summed E-state index contributed by atoms with van der Waals surface area (Å²) < 4.78 is 4.61. The number of piperidine rings is 1. The summed E-state index contributed by atoms with van der Waals surface area (Å²) >= 11 is 0. The Morgan fingerprint density at radius 1 is 1.08 bits per heavy atom. The number of hydrogen-bond acceptors (Lipinski definition) is 5. The van der Waals surface area contributed by atoms with Crippen molar-refractivity contribution in [1.82, 2.24) is 21.1 Å². The number of hydrazine groups is 1. The highest BCUT2D eigenvalue weighted by molar-refractivity contribution is 6.35. The molecule has 0 saturated carbocycles. The molecular formula is C17H28N4O5. The summed E-state index contributed by atoms with van der Waals surface area (Å²) in [6.07, 6.45) is 1.47. The first-order chi connectivity index (χ1) is 11.9. The Morgan fingerprint density at radius 2 is 1.62 bits per heavy atom. The third kappa shape index (κ3) is 5.47. The lowest BCUT2D eigenvalue weighted by atomic mass is 9.77. The van der Waals surface area contributed by atoms with Crippen LogP contribution in [0.2, 0.25) is 0 Å². The van der Waals surface area contributed by atoms with Crippen LogP contribution in [0.4, 0.5) is 4.79 Å². The monoisotopic (exact) mass is 368 g/mol. The molecule has 0 aromatic rings. The van der Waals surface area contributed by atoms with Crippen molar-refractivity contribution in [2.45, 2.75) is 64.6 Å². The van der Waals surface area contributed by atoms with Crippen LogP contribution in [0.5, 0.6) is 0 Å². The van der Waals surface area contributed by atoms with E-state index >= 15 is 0 Å². The van der Waals surface area contributed by atoms with E-state index in [0.29, 0.717) is 12.8 Å². The second-order valence-electron chi connectivity index (χ2n) is 7.52. The van der Waals surface area contributed by atoms with Crippen molar-refractivity contribution >= 4 is 23.8 Å². The molecule has 0 radical (unpaired) electrons. The van der Waals surface area contributed by atoms with Crippen LogP contribution in [0.3, 0.4) is 0 Å². The second kappa shape index (κ2) is 8.20. The van der Waals surface area contributed by atoms with Gasteiger partial charge in [0.2, 0.25) is 5.91 Å². The summed E-state index contributed by atoms with van der Waals surface area (Å²) in [6.45, 7) is 12.6. The van der Waals surface area contributed by atoms with Gasteiger partial charge in [-0.3, -0.25) is 19.8 Å². The van der Waals surface area contributed by atoms with E-state index in [1.54, 1.807) is 4.90 Å². The van der Waals surface area contributed by atoms with Gasteiger partial charge in [0, 0.05) is 24.0 Å². The van der Waals surface area contributed by atoms with Gasteiger partial charge in [0.05, 0.1) is 0 Å². The third-order valence-electron chi connectivity index (χ3n) is 4.17.